The van der Waals surface area contributed by atoms with Gasteiger partial charge in [-0.25, -0.2) is 0 Å². The third kappa shape index (κ3) is 1.95. The van der Waals surface area contributed by atoms with E-state index < -0.39 is 0 Å². The Morgan fingerprint density at radius 3 is 2.31 bits per heavy atom. The average molecular weight is 214 g/mol. The van der Waals surface area contributed by atoms with Crippen LogP contribution in [0.5, 0.6) is 0 Å². The molecule has 1 fully saturated rings. The Bertz CT molecular complexity index is 412. The van der Waals surface area contributed by atoms with Crippen LogP contribution in [0.1, 0.15) is 49.7 Å². The molecule has 2 rings (SSSR count). The van der Waals surface area contributed by atoms with E-state index in [2.05, 4.69) is 44.7 Å². The van der Waals surface area contributed by atoms with E-state index in [4.69, 9.17) is 0 Å². The first kappa shape index (κ1) is 11.1. The summed E-state index contributed by atoms with van der Waals surface area (Å²) in [4.78, 5) is 11.4. The zero-order chi connectivity index (χ0) is 11.7. The van der Waals surface area contributed by atoms with Crippen LogP contribution in [0.3, 0.4) is 0 Å². The zero-order valence-electron chi connectivity index (χ0n) is 9.99. The van der Waals surface area contributed by atoms with Crippen molar-refractivity contribution in [3.8, 4) is 0 Å². The second kappa shape index (κ2) is 4.25. The lowest BCUT2D eigenvalue weighted by Gasteiger charge is -2.12. The van der Waals surface area contributed by atoms with E-state index in [1.807, 2.05) is 0 Å². The highest BCUT2D eigenvalue weighted by Gasteiger charge is 2.27. The fraction of sp³-hybridized carbons (Fsp3) is 0.400. The minimum atomic E-state index is 0.234. The van der Waals surface area contributed by atoms with Crippen molar-refractivity contribution in [2.75, 3.05) is 0 Å². The lowest BCUT2D eigenvalue weighted by atomic mass is 9.92. The van der Waals surface area contributed by atoms with Gasteiger partial charge in [-0.1, -0.05) is 44.7 Å². The minimum absolute atomic E-state index is 0.234. The molecule has 1 aromatic carbocycles. The molecule has 1 heteroatoms. The van der Waals surface area contributed by atoms with Crippen LogP contribution in [0.2, 0.25) is 0 Å². The van der Waals surface area contributed by atoms with Gasteiger partial charge in [0.25, 0.3) is 0 Å². The van der Waals surface area contributed by atoms with Crippen molar-refractivity contribution in [2.45, 2.75) is 38.5 Å². The van der Waals surface area contributed by atoms with E-state index in [9.17, 15) is 4.79 Å². The molecule has 0 aliphatic heterocycles. The molecule has 0 saturated heterocycles. The summed E-state index contributed by atoms with van der Waals surface area (Å²) in [6.07, 6.45) is 1.59. The minimum Gasteiger partial charge on any atom is -0.295 e. The molecule has 1 saturated carbocycles. The van der Waals surface area contributed by atoms with Gasteiger partial charge in [0.15, 0.2) is 5.78 Å². The zero-order valence-corrected chi connectivity index (χ0v) is 9.99. The van der Waals surface area contributed by atoms with Gasteiger partial charge in [0.2, 0.25) is 0 Å². The smallest absolute Gasteiger partial charge is 0.158 e. The van der Waals surface area contributed by atoms with Crippen molar-refractivity contribution in [1.29, 1.82) is 0 Å². The summed E-state index contributed by atoms with van der Waals surface area (Å²) < 4.78 is 0. The number of hydrogen-bond acceptors (Lipinski definition) is 1. The standard InChI is InChI=1S/C15H18O/c1-10(2)12-4-6-13(7-5-12)14-8-9-15(16)11(14)3/h4-7,10,14H,3,8-9H2,1-2H3. The Morgan fingerprint density at radius 1 is 1.25 bits per heavy atom. The van der Waals surface area contributed by atoms with Gasteiger partial charge < -0.3 is 0 Å². The third-order valence-electron chi connectivity index (χ3n) is 3.44. The number of carbonyl (C=O) groups excluding carboxylic acids is 1. The Morgan fingerprint density at radius 2 is 1.88 bits per heavy atom. The highest BCUT2D eigenvalue weighted by molar-refractivity contribution is 5.98. The van der Waals surface area contributed by atoms with E-state index in [0.29, 0.717) is 12.3 Å². The van der Waals surface area contributed by atoms with Crippen LogP contribution in [-0.4, -0.2) is 5.78 Å². The van der Waals surface area contributed by atoms with Gasteiger partial charge in [0.05, 0.1) is 0 Å². The molecule has 1 nitrogen and oxygen atoms in total. The Balaban J connectivity index is 2.22. The number of rotatable bonds is 2. The summed E-state index contributed by atoms with van der Waals surface area (Å²) in [6.45, 7) is 8.28. The maximum atomic E-state index is 11.4. The van der Waals surface area contributed by atoms with E-state index in [-0.39, 0.29) is 11.7 Å². The van der Waals surface area contributed by atoms with Crippen molar-refractivity contribution < 1.29 is 4.79 Å². The summed E-state index contributed by atoms with van der Waals surface area (Å²) in [6, 6.07) is 8.61. The summed E-state index contributed by atoms with van der Waals surface area (Å²) in [5, 5.41) is 0. The van der Waals surface area contributed by atoms with Gasteiger partial charge in [0.1, 0.15) is 0 Å². The predicted molar refractivity (Wildman–Crippen MR) is 66.7 cm³/mol. The van der Waals surface area contributed by atoms with Gasteiger partial charge in [-0.3, -0.25) is 4.79 Å². The van der Waals surface area contributed by atoms with E-state index in [1.54, 1.807) is 0 Å². The molecule has 1 atom stereocenters. The molecule has 0 radical (unpaired) electrons. The summed E-state index contributed by atoms with van der Waals surface area (Å²) in [7, 11) is 0. The molecule has 0 heterocycles. The second-order valence-corrected chi connectivity index (χ2v) is 4.86. The maximum absolute atomic E-state index is 11.4. The first-order valence-electron chi connectivity index (χ1n) is 5.91. The molecule has 0 aromatic heterocycles. The van der Waals surface area contributed by atoms with Gasteiger partial charge in [-0.2, -0.15) is 0 Å². The van der Waals surface area contributed by atoms with Gasteiger partial charge in [-0.15, -0.1) is 0 Å². The van der Waals surface area contributed by atoms with Gasteiger partial charge >= 0.3 is 0 Å². The molecule has 1 aliphatic carbocycles. The highest BCUT2D eigenvalue weighted by atomic mass is 16.1. The van der Waals surface area contributed by atoms with Crippen LogP contribution in [0.4, 0.5) is 0 Å². The molecule has 84 valence electrons. The number of Topliss-reactive ketones (excluding diaryl/α,β-unsaturated/α-hetero) is 1. The number of carbonyl (C=O) groups is 1. The number of benzene rings is 1. The molecule has 1 aliphatic rings. The molecule has 0 N–H and O–H groups in total. The van der Waals surface area contributed by atoms with Crippen LogP contribution in [-0.2, 0) is 4.79 Å². The van der Waals surface area contributed by atoms with Crippen molar-refractivity contribution in [1.82, 2.24) is 0 Å². The molecular formula is C15H18O. The SMILES string of the molecule is C=C1C(=O)CCC1c1ccc(C(C)C)cc1. The fourth-order valence-electron chi connectivity index (χ4n) is 2.29. The molecule has 1 unspecified atom stereocenters. The lowest BCUT2D eigenvalue weighted by molar-refractivity contribution is -0.114. The van der Waals surface area contributed by atoms with Crippen LogP contribution in [0.25, 0.3) is 0 Å². The van der Waals surface area contributed by atoms with E-state index in [0.717, 1.165) is 12.0 Å². The van der Waals surface area contributed by atoms with E-state index in [1.165, 1.54) is 11.1 Å². The first-order chi connectivity index (χ1) is 7.59. The molecule has 0 amide bonds. The van der Waals surface area contributed by atoms with Gasteiger partial charge in [0, 0.05) is 12.3 Å². The quantitative estimate of drug-likeness (QED) is 0.684. The maximum Gasteiger partial charge on any atom is 0.158 e. The topological polar surface area (TPSA) is 17.1 Å². The van der Waals surface area contributed by atoms with Crippen molar-refractivity contribution in [3.05, 3.63) is 47.5 Å². The molecule has 1 aromatic rings. The van der Waals surface area contributed by atoms with Crippen LogP contribution < -0.4 is 0 Å². The van der Waals surface area contributed by atoms with E-state index >= 15 is 0 Å². The lowest BCUT2D eigenvalue weighted by Crippen LogP contribution is -1.99. The summed E-state index contributed by atoms with van der Waals surface area (Å²) >= 11 is 0. The Kier molecular flexibility index (Phi) is 2.95. The fourth-order valence-corrected chi connectivity index (χ4v) is 2.29. The summed E-state index contributed by atoms with van der Waals surface area (Å²) in [5.41, 5.74) is 3.37. The number of allylic oxidation sites excluding steroid dienone is 1. The second-order valence-electron chi connectivity index (χ2n) is 4.86. The predicted octanol–water partition coefficient (Wildman–Crippen LogP) is 3.81. The number of ketones is 1. The van der Waals surface area contributed by atoms with Crippen LogP contribution in [0, 0.1) is 0 Å². The van der Waals surface area contributed by atoms with Gasteiger partial charge in [-0.05, 0) is 29.0 Å². The molecule has 0 spiro atoms. The van der Waals surface area contributed by atoms with Crippen molar-refractivity contribution >= 4 is 5.78 Å². The highest BCUT2D eigenvalue weighted by Crippen LogP contribution is 2.36. The Hall–Kier alpha value is -1.37. The largest absolute Gasteiger partial charge is 0.295 e. The first-order valence-corrected chi connectivity index (χ1v) is 5.91. The monoisotopic (exact) mass is 214 g/mol. The molecular weight excluding hydrogens is 196 g/mol. The summed E-state index contributed by atoms with van der Waals surface area (Å²) in [5.74, 6) is 1.05. The molecule has 0 bridgehead atoms. The number of hydrogen-bond donors (Lipinski definition) is 0. The third-order valence-corrected chi connectivity index (χ3v) is 3.44. The molecule has 16 heavy (non-hydrogen) atoms. The Labute approximate surface area is 97.2 Å². The van der Waals surface area contributed by atoms with Crippen molar-refractivity contribution in [3.63, 3.8) is 0 Å². The van der Waals surface area contributed by atoms with Crippen LogP contribution in [0.15, 0.2) is 36.4 Å². The van der Waals surface area contributed by atoms with Crippen molar-refractivity contribution in [2.24, 2.45) is 0 Å². The normalized spacial score (nSPS) is 20.8. The van der Waals surface area contributed by atoms with Crippen LogP contribution >= 0.6 is 0 Å². The average Bonchev–Trinajstić information content (AvgIpc) is 2.60.